The average molecular weight is 753 g/mol. The molecule has 13 aromatic rings. The molecule has 0 aliphatic carbocycles. The fourth-order valence-corrected chi connectivity index (χ4v) is 9.56. The summed E-state index contributed by atoms with van der Waals surface area (Å²) in [4.78, 5) is 10.8. The fourth-order valence-electron chi connectivity index (χ4n) is 9.56. The van der Waals surface area contributed by atoms with Crippen LogP contribution in [0.1, 0.15) is 0 Å². The van der Waals surface area contributed by atoms with Crippen molar-refractivity contribution in [1.82, 2.24) is 19.1 Å². The highest BCUT2D eigenvalue weighted by atomic mass is 16.3. The Balaban J connectivity index is 1.09. The highest BCUT2D eigenvalue weighted by molar-refractivity contribution is 6.22. The maximum atomic E-state index is 6.57. The van der Waals surface area contributed by atoms with Gasteiger partial charge < -0.3 is 8.98 Å². The summed E-state index contributed by atoms with van der Waals surface area (Å²) in [6, 6.07) is 69.0. The van der Waals surface area contributed by atoms with Crippen LogP contribution in [-0.4, -0.2) is 19.1 Å². The number of rotatable bonds is 4. The largest absolute Gasteiger partial charge is 0.455 e. The zero-order chi connectivity index (χ0) is 38.6. The van der Waals surface area contributed by atoms with Gasteiger partial charge in [0, 0.05) is 54.3 Å². The van der Waals surface area contributed by atoms with Gasteiger partial charge in [-0.2, -0.15) is 0 Å². The molecular formula is C54H32N4O. The van der Waals surface area contributed by atoms with Crippen molar-refractivity contribution in [3.63, 3.8) is 0 Å². The van der Waals surface area contributed by atoms with Crippen molar-refractivity contribution >= 4 is 87.2 Å². The van der Waals surface area contributed by atoms with Gasteiger partial charge >= 0.3 is 0 Å². The maximum absolute atomic E-state index is 6.57. The molecule has 59 heavy (non-hydrogen) atoms. The molecule has 5 nitrogen and oxygen atoms in total. The van der Waals surface area contributed by atoms with E-state index in [-0.39, 0.29) is 0 Å². The van der Waals surface area contributed by atoms with Gasteiger partial charge in [-0.05, 0) is 71.1 Å². The number of para-hydroxylation sites is 6. The molecule has 0 amide bonds. The number of fused-ring (bicyclic) bond motifs is 12. The van der Waals surface area contributed by atoms with Gasteiger partial charge in [0.2, 0.25) is 5.95 Å². The lowest BCUT2D eigenvalue weighted by Gasteiger charge is -2.14. The van der Waals surface area contributed by atoms with E-state index in [0.29, 0.717) is 5.95 Å². The van der Waals surface area contributed by atoms with Crippen LogP contribution in [0.4, 0.5) is 0 Å². The van der Waals surface area contributed by atoms with Gasteiger partial charge in [0.05, 0.1) is 33.3 Å². The molecule has 9 aromatic carbocycles. The van der Waals surface area contributed by atoms with Crippen LogP contribution >= 0.6 is 0 Å². The first kappa shape index (κ1) is 32.1. The van der Waals surface area contributed by atoms with Gasteiger partial charge in [-0.15, -0.1) is 0 Å². The summed E-state index contributed by atoms with van der Waals surface area (Å²) in [5.74, 6) is 0.612. The Bertz CT molecular complexity index is 3850. The Labute approximate surface area is 337 Å². The molecule has 0 saturated heterocycles. The van der Waals surface area contributed by atoms with Crippen molar-refractivity contribution in [3.05, 3.63) is 194 Å². The molecule has 0 aliphatic heterocycles. The second kappa shape index (κ2) is 12.2. The second-order valence-electron chi connectivity index (χ2n) is 15.3. The number of furan rings is 1. The fraction of sp³-hybridized carbons (Fsp3) is 0. The predicted octanol–water partition coefficient (Wildman–Crippen LogP) is 14.2. The van der Waals surface area contributed by atoms with Gasteiger partial charge in [-0.3, -0.25) is 4.57 Å². The van der Waals surface area contributed by atoms with E-state index in [1.165, 1.54) is 38.1 Å². The van der Waals surface area contributed by atoms with E-state index in [4.69, 9.17) is 14.4 Å². The molecule has 4 heterocycles. The standard InChI is InChI=1S/C54H32N4O/c1-2-15-34(16-3-1)57-47-26-11-8-19-37(47)45-32-44(35-17-4-5-21-40(35)52(45)57)33-29-30-38-36-18-7-12-27-48(36)58(49(38)31-33)54-55-46-25-10-6-22-42(46)51(56-54)43-24-14-23-41-39-20-9-13-28-50(39)59-53(41)43/h1-32H. The molecule has 0 bridgehead atoms. The third-order valence-electron chi connectivity index (χ3n) is 12.1. The number of aromatic nitrogens is 4. The summed E-state index contributed by atoms with van der Waals surface area (Å²) >= 11 is 0. The zero-order valence-electron chi connectivity index (χ0n) is 31.7. The van der Waals surface area contributed by atoms with Gasteiger partial charge in [0.25, 0.3) is 0 Å². The average Bonchev–Trinajstić information content (AvgIpc) is 3.96. The third kappa shape index (κ3) is 4.61. The minimum atomic E-state index is 0.612. The molecule has 4 aromatic heterocycles. The van der Waals surface area contributed by atoms with Crippen molar-refractivity contribution < 1.29 is 4.42 Å². The van der Waals surface area contributed by atoms with E-state index in [1.54, 1.807) is 0 Å². The summed E-state index contributed by atoms with van der Waals surface area (Å²) < 4.78 is 11.2. The van der Waals surface area contributed by atoms with Crippen LogP contribution in [0.25, 0.3) is 121 Å². The van der Waals surface area contributed by atoms with Crippen molar-refractivity contribution in [3.8, 4) is 34.0 Å². The van der Waals surface area contributed by atoms with Gasteiger partial charge in [0.1, 0.15) is 11.2 Å². The first-order valence-corrected chi connectivity index (χ1v) is 20.0. The molecule has 0 aliphatic rings. The van der Waals surface area contributed by atoms with Crippen molar-refractivity contribution in [2.75, 3.05) is 0 Å². The number of hydrogen-bond acceptors (Lipinski definition) is 3. The van der Waals surface area contributed by atoms with Crippen LogP contribution in [0.5, 0.6) is 0 Å². The monoisotopic (exact) mass is 752 g/mol. The summed E-state index contributed by atoms with van der Waals surface area (Å²) in [7, 11) is 0. The van der Waals surface area contributed by atoms with E-state index < -0.39 is 0 Å². The van der Waals surface area contributed by atoms with Crippen molar-refractivity contribution in [2.24, 2.45) is 0 Å². The molecule has 0 unspecified atom stereocenters. The molecule has 13 rings (SSSR count). The SMILES string of the molecule is c1ccc(-n2c3ccccc3c3cc(-c4ccc5c6ccccc6n(-c6nc(-c7cccc8c7oc7ccccc78)c7ccccc7n6)c5c4)c4ccccc4c32)cc1. The second-order valence-corrected chi connectivity index (χ2v) is 15.3. The molecule has 0 spiro atoms. The minimum absolute atomic E-state index is 0.612. The van der Waals surface area contributed by atoms with E-state index in [9.17, 15) is 0 Å². The number of benzene rings is 9. The quantitative estimate of drug-likeness (QED) is 0.180. The highest BCUT2D eigenvalue weighted by Gasteiger charge is 2.22. The summed E-state index contributed by atoms with van der Waals surface area (Å²) in [6.07, 6.45) is 0. The molecular weight excluding hydrogens is 721 g/mol. The van der Waals surface area contributed by atoms with Crippen molar-refractivity contribution in [2.45, 2.75) is 0 Å². The van der Waals surface area contributed by atoms with Crippen LogP contribution in [-0.2, 0) is 0 Å². The Hall–Kier alpha value is -8.02. The zero-order valence-corrected chi connectivity index (χ0v) is 31.7. The lowest BCUT2D eigenvalue weighted by molar-refractivity contribution is 0.670. The van der Waals surface area contributed by atoms with E-state index in [1.807, 2.05) is 18.2 Å². The van der Waals surface area contributed by atoms with E-state index in [0.717, 1.165) is 77.2 Å². The first-order valence-electron chi connectivity index (χ1n) is 20.0. The van der Waals surface area contributed by atoms with Gasteiger partial charge in [0.15, 0.2) is 0 Å². The molecule has 0 radical (unpaired) electrons. The first-order chi connectivity index (χ1) is 29.3. The van der Waals surface area contributed by atoms with Crippen LogP contribution < -0.4 is 0 Å². The van der Waals surface area contributed by atoms with Crippen LogP contribution in [0.15, 0.2) is 199 Å². The van der Waals surface area contributed by atoms with Crippen LogP contribution in [0.3, 0.4) is 0 Å². The number of hydrogen-bond donors (Lipinski definition) is 0. The third-order valence-corrected chi connectivity index (χ3v) is 12.1. The summed E-state index contributed by atoms with van der Waals surface area (Å²) in [6.45, 7) is 0. The minimum Gasteiger partial charge on any atom is -0.455 e. The topological polar surface area (TPSA) is 48.8 Å². The molecule has 274 valence electrons. The Morgan fingerprint density at radius 1 is 0.373 bits per heavy atom. The molecule has 0 saturated carbocycles. The highest BCUT2D eigenvalue weighted by Crippen LogP contribution is 2.43. The lowest BCUT2D eigenvalue weighted by atomic mass is 9.94. The molecule has 0 atom stereocenters. The Morgan fingerprint density at radius 2 is 1.00 bits per heavy atom. The Morgan fingerprint density at radius 3 is 1.83 bits per heavy atom. The van der Waals surface area contributed by atoms with E-state index in [2.05, 4.69) is 185 Å². The lowest BCUT2D eigenvalue weighted by Crippen LogP contribution is -2.03. The molecule has 0 N–H and O–H groups in total. The molecule has 5 heteroatoms. The summed E-state index contributed by atoms with van der Waals surface area (Å²) in [5, 5.41) is 10.3. The smallest absolute Gasteiger partial charge is 0.235 e. The normalized spacial score (nSPS) is 12.1. The van der Waals surface area contributed by atoms with Gasteiger partial charge in [-0.1, -0.05) is 140 Å². The summed E-state index contributed by atoms with van der Waals surface area (Å²) in [5.41, 5.74) is 12.3. The van der Waals surface area contributed by atoms with Crippen LogP contribution in [0, 0.1) is 0 Å². The van der Waals surface area contributed by atoms with Gasteiger partial charge in [-0.25, -0.2) is 9.97 Å². The van der Waals surface area contributed by atoms with E-state index >= 15 is 0 Å². The predicted molar refractivity (Wildman–Crippen MR) is 244 cm³/mol. The maximum Gasteiger partial charge on any atom is 0.235 e. The number of nitrogens with zero attached hydrogens (tertiary/aromatic N) is 4. The van der Waals surface area contributed by atoms with Crippen LogP contribution in [0.2, 0.25) is 0 Å². The van der Waals surface area contributed by atoms with Crippen molar-refractivity contribution in [1.29, 1.82) is 0 Å². The Kier molecular flexibility index (Phi) is 6.66. The molecule has 0 fully saturated rings.